The highest BCUT2D eigenvalue weighted by Gasteiger charge is 2.26. The molecule has 0 radical (unpaired) electrons. The van der Waals surface area contributed by atoms with Crippen molar-refractivity contribution in [1.29, 1.82) is 0 Å². The molecule has 0 fully saturated rings. The third-order valence-electron chi connectivity index (χ3n) is 1.97. The van der Waals surface area contributed by atoms with E-state index in [1.165, 1.54) is 0 Å². The number of halogens is 1. The summed E-state index contributed by atoms with van der Waals surface area (Å²) in [5.41, 5.74) is -0.795. The Morgan fingerprint density at radius 2 is 1.68 bits per heavy atom. The minimum absolute atomic E-state index is 0.345. The highest BCUT2D eigenvalue weighted by molar-refractivity contribution is 5.80. The number of carboxylic acids is 2. The molecule has 19 heavy (non-hydrogen) atoms. The third-order valence-corrected chi connectivity index (χ3v) is 1.97. The Labute approximate surface area is 109 Å². The van der Waals surface area contributed by atoms with Crippen LogP contribution in [-0.4, -0.2) is 46.1 Å². The lowest BCUT2D eigenvalue weighted by atomic mass is 10.1. The van der Waals surface area contributed by atoms with Crippen LogP contribution >= 0.6 is 0 Å². The Morgan fingerprint density at radius 3 is 2.05 bits per heavy atom. The number of nitrogens with one attached hydrogen (secondary N) is 1. The van der Waals surface area contributed by atoms with Gasteiger partial charge in [0.1, 0.15) is 11.6 Å². The van der Waals surface area contributed by atoms with E-state index >= 15 is 0 Å². The van der Waals surface area contributed by atoms with Crippen LogP contribution in [0.3, 0.4) is 0 Å². The van der Waals surface area contributed by atoms with E-state index in [0.717, 1.165) is 0 Å². The number of alkyl carbamates (subject to hydrolysis) is 1. The molecule has 0 aromatic rings. The highest BCUT2D eigenvalue weighted by Crippen LogP contribution is 2.09. The summed E-state index contributed by atoms with van der Waals surface area (Å²) in [6, 6.07) is -1.40. The smallest absolute Gasteiger partial charge is 0.408 e. The Hall–Kier alpha value is -1.86. The Morgan fingerprint density at radius 1 is 1.16 bits per heavy atom. The zero-order valence-electron chi connectivity index (χ0n) is 11.0. The first-order valence-electron chi connectivity index (χ1n) is 5.62. The van der Waals surface area contributed by atoms with Crippen molar-refractivity contribution in [3.63, 3.8) is 0 Å². The maximum Gasteiger partial charge on any atom is 0.408 e. The number of hydrogen-bond acceptors (Lipinski definition) is 4. The fraction of sp³-hybridized carbons (Fsp3) is 0.727. The summed E-state index contributed by atoms with van der Waals surface area (Å²) in [5.74, 6) is -3.05. The molecule has 0 aliphatic heterocycles. The van der Waals surface area contributed by atoms with Gasteiger partial charge in [0.25, 0.3) is 0 Å². The van der Waals surface area contributed by atoms with Crippen LogP contribution in [-0.2, 0) is 14.3 Å². The summed E-state index contributed by atoms with van der Waals surface area (Å²) in [7, 11) is 0. The zero-order valence-corrected chi connectivity index (χ0v) is 11.0. The molecule has 0 aromatic heterocycles. The summed E-state index contributed by atoms with van der Waals surface area (Å²) < 4.78 is 17.7. The normalized spacial score (nSPS) is 14.3. The van der Waals surface area contributed by atoms with Crippen LogP contribution in [0.1, 0.15) is 33.6 Å². The van der Waals surface area contributed by atoms with Crippen LogP contribution < -0.4 is 5.32 Å². The Balaban J connectivity index is 4.39. The number of alkyl halides is 1. The van der Waals surface area contributed by atoms with E-state index in [9.17, 15) is 18.8 Å². The van der Waals surface area contributed by atoms with Crippen molar-refractivity contribution in [2.45, 2.75) is 51.4 Å². The van der Waals surface area contributed by atoms with Gasteiger partial charge in [-0.3, -0.25) is 0 Å². The van der Waals surface area contributed by atoms with Gasteiger partial charge in [0.15, 0.2) is 6.17 Å². The van der Waals surface area contributed by atoms with E-state index in [-0.39, 0.29) is 6.42 Å². The molecule has 0 rings (SSSR count). The van der Waals surface area contributed by atoms with Gasteiger partial charge in [0.2, 0.25) is 0 Å². The molecule has 0 aliphatic carbocycles. The Bertz CT molecular complexity index is 352. The van der Waals surface area contributed by atoms with Gasteiger partial charge in [0, 0.05) is 0 Å². The molecule has 1 unspecified atom stereocenters. The van der Waals surface area contributed by atoms with Crippen molar-refractivity contribution in [3.05, 3.63) is 0 Å². The van der Waals surface area contributed by atoms with Crippen molar-refractivity contribution in [2.24, 2.45) is 0 Å². The molecule has 0 saturated heterocycles. The largest absolute Gasteiger partial charge is 0.480 e. The van der Waals surface area contributed by atoms with Gasteiger partial charge in [-0.1, -0.05) is 0 Å². The van der Waals surface area contributed by atoms with Gasteiger partial charge in [-0.05, 0) is 33.6 Å². The van der Waals surface area contributed by atoms with E-state index in [2.05, 4.69) is 0 Å². The average Bonchev–Trinajstić information content (AvgIpc) is 2.20. The van der Waals surface area contributed by atoms with E-state index < -0.39 is 42.3 Å². The molecule has 0 bridgehead atoms. The summed E-state index contributed by atoms with van der Waals surface area (Å²) in [6.45, 7) is 4.80. The lowest BCUT2D eigenvalue weighted by molar-refractivity contribution is -0.144. The molecule has 7 nitrogen and oxygen atoms in total. The van der Waals surface area contributed by atoms with Crippen molar-refractivity contribution < 1.29 is 33.7 Å². The molecule has 0 spiro atoms. The van der Waals surface area contributed by atoms with Crippen LogP contribution in [0.2, 0.25) is 0 Å². The molecule has 3 N–H and O–H groups in total. The fourth-order valence-electron chi connectivity index (χ4n) is 1.14. The van der Waals surface area contributed by atoms with Gasteiger partial charge in [-0.15, -0.1) is 0 Å². The molecule has 0 aliphatic rings. The van der Waals surface area contributed by atoms with Crippen molar-refractivity contribution in [1.82, 2.24) is 5.32 Å². The van der Waals surface area contributed by atoms with E-state index in [1.807, 2.05) is 5.32 Å². The molecule has 110 valence electrons. The average molecular weight is 279 g/mol. The van der Waals surface area contributed by atoms with E-state index in [0.29, 0.717) is 0 Å². The fourth-order valence-corrected chi connectivity index (χ4v) is 1.14. The number of carbonyl (C=O) groups is 3. The lowest BCUT2D eigenvalue weighted by Crippen LogP contribution is -2.43. The topological polar surface area (TPSA) is 113 Å². The number of aliphatic carboxylic acids is 2. The molecular weight excluding hydrogens is 261 g/mol. The van der Waals surface area contributed by atoms with Crippen LogP contribution in [0.15, 0.2) is 0 Å². The molecular formula is C11H18FNO6. The van der Waals surface area contributed by atoms with Gasteiger partial charge >= 0.3 is 18.0 Å². The molecule has 0 saturated carbocycles. The quantitative estimate of drug-likeness (QED) is 0.672. The number of amides is 1. The monoisotopic (exact) mass is 279 g/mol. The summed E-state index contributed by atoms with van der Waals surface area (Å²) in [5, 5.41) is 19.2. The van der Waals surface area contributed by atoms with Gasteiger partial charge < -0.3 is 20.3 Å². The second kappa shape index (κ2) is 6.91. The molecule has 0 heterocycles. The Kier molecular flexibility index (Phi) is 6.23. The minimum atomic E-state index is -2.16. The molecule has 1 amide bonds. The van der Waals surface area contributed by atoms with Crippen molar-refractivity contribution in [3.8, 4) is 0 Å². The maximum absolute atomic E-state index is 12.8. The lowest BCUT2D eigenvalue weighted by Gasteiger charge is -2.22. The molecule has 8 heteroatoms. The van der Waals surface area contributed by atoms with Crippen LogP contribution in [0.4, 0.5) is 9.18 Å². The maximum atomic E-state index is 12.8. The molecule has 2 atom stereocenters. The first-order valence-corrected chi connectivity index (χ1v) is 5.62. The number of carboxylic acid groups (broad SMARTS) is 2. The van der Waals surface area contributed by atoms with Crippen molar-refractivity contribution in [2.75, 3.05) is 0 Å². The summed E-state index contributed by atoms with van der Waals surface area (Å²) >= 11 is 0. The van der Waals surface area contributed by atoms with Crippen LogP contribution in [0, 0.1) is 0 Å². The standard InChI is InChI=1S/C11H18FNO6/c1-11(2,3)19-10(18)13-7(9(16)17)5-4-6(12)8(14)15/h6-7H,4-5H2,1-3H3,(H,13,18)(H,14,15)(H,16,17)/t6?,7-/m0/s1. The SMILES string of the molecule is CC(C)(C)OC(=O)N[C@@H](CCC(F)C(=O)O)C(=O)O. The second-order valence-electron chi connectivity index (χ2n) is 4.92. The van der Waals surface area contributed by atoms with E-state index in [4.69, 9.17) is 14.9 Å². The predicted molar refractivity (Wildman–Crippen MR) is 62.6 cm³/mol. The number of hydrogen-bond donors (Lipinski definition) is 3. The second-order valence-corrected chi connectivity index (χ2v) is 4.92. The summed E-state index contributed by atoms with van der Waals surface area (Å²) in [6.07, 6.45) is -3.97. The third kappa shape index (κ3) is 7.96. The van der Waals surface area contributed by atoms with Gasteiger partial charge in [-0.2, -0.15) is 0 Å². The number of ether oxygens (including phenoxy) is 1. The van der Waals surface area contributed by atoms with Crippen molar-refractivity contribution >= 4 is 18.0 Å². The number of rotatable bonds is 6. The highest BCUT2D eigenvalue weighted by atomic mass is 19.1. The first kappa shape index (κ1) is 17.1. The van der Waals surface area contributed by atoms with Gasteiger partial charge in [-0.25, -0.2) is 18.8 Å². The van der Waals surface area contributed by atoms with Crippen LogP contribution in [0.25, 0.3) is 0 Å². The number of carbonyl (C=O) groups excluding carboxylic acids is 1. The first-order chi connectivity index (χ1) is 8.53. The molecule has 0 aromatic carbocycles. The van der Waals surface area contributed by atoms with Gasteiger partial charge in [0.05, 0.1) is 0 Å². The van der Waals surface area contributed by atoms with E-state index in [1.54, 1.807) is 20.8 Å². The zero-order chi connectivity index (χ0) is 15.2. The minimum Gasteiger partial charge on any atom is -0.480 e. The predicted octanol–water partition coefficient (Wildman–Crippen LogP) is 1.17. The van der Waals surface area contributed by atoms with Crippen LogP contribution in [0.5, 0.6) is 0 Å². The summed E-state index contributed by atoms with van der Waals surface area (Å²) in [4.78, 5) is 32.4.